The molecular formula is C14H23N3O3. The quantitative estimate of drug-likeness (QED) is 0.492. The summed E-state index contributed by atoms with van der Waals surface area (Å²) in [5, 5.41) is 15.2. The summed E-state index contributed by atoms with van der Waals surface area (Å²) in [7, 11) is 0. The smallest absolute Gasteiger partial charge is 0.312 e. The molecule has 0 aliphatic heterocycles. The van der Waals surface area contributed by atoms with E-state index >= 15 is 0 Å². The second-order valence-corrected chi connectivity index (χ2v) is 4.54. The Morgan fingerprint density at radius 3 is 2.70 bits per heavy atom. The lowest BCUT2D eigenvalue weighted by molar-refractivity contribution is -0.00190. The minimum Gasteiger partial charge on any atom is -0.389 e. The fourth-order valence-corrected chi connectivity index (χ4v) is 1.68. The summed E-state index contributed by atoms with van der Waals surface area (Å²) < 4.78 is 5.61. The average molecular weight is 281 g/mol. The molecule has 2 amide bonds. The monoisotopic (exact) mass is 281 g/mol. The molecule has 0 saturated carbocycles. The molecule has 20 heavy (non-hydrogen) atoms. The highest BCUT2D eigenvalue weighted by Crippen LogP contribution is 2.15. The number of benzene rings is 1. The molecule has 0 aromatic heterocycles. The number of amides is 2. The first-order valence-corrected chi connectivity index (χ1v) is 6.68. The number of carbonyl (C=O) groups excluding carboxylic acids is 1. The number of hydrogen-bond donors (Lipinski definition) is 4. The number of hydrogen-bond acceptors (Lipinski definition) is 4. The fourth-order valence-electron chi connectivity index (χ4n) is 1.68. The summed E-state index contributed by atoms with van der Waals surface area (Å²) in [5.41, 5.74) is 6.01. The molecule has 112 valence electrons. The highest BCUT2D eigenvalue weighted by Gasteiger charge is 2.09. The van der Waals surface area contributed by atoms with Crippen LogP contribution in [0.4, 0.5) is 4.79 Å². The lowest BCUT2D eigenvalue weighted by Gasteiger charge is -2.17. The van der Waals surface area contributed by atoms with Gasteiger partial charge in [-0.05, 0) is 12.5 Å². The Hall–Kier alpha value is -1.63. The van der Waals surface area contributed by atoms with E-state index in [1.54, 1.807) is 0 Å². The van der Waals surface area contributed by atoms with Crippen LogP contribution in [0.25, 0.3) is 0 Å². The summed E-state index contributed by atoms with van der Waals surface area (Å²) >= 11 is 0. The van der Waals surface area contributed by atoms with Crippen molar-refractivity contribution < 1.29 is 14.6 Å². The van der Waals surface area contributed by atoms with E-state index in [1.165, 1.54) is 0 Å². The van der Waals surface area contributed by atoms with E-state index in [0.717, 1.165) is 5.56 Å². The topological polar surface area (TPSA) is 96.6 Å². The summed E-state index contributed by atoms with van der Waals surface area (Å²) in [4.78, 5) is 10.4. The van der Waals surface area contributed by atoms with Crippen molar-refractivity contribution in [2.75, 3.05) is 26.2 Å². The van der Waals surface area contributed by atoms with Gasteiger partial charge < -0.3 is 26.2 Å². The minimum absolute atomic E-state index is 0.0534. The molecule has 2 atom stereocenters. The lowest BCUT2D eigenvalue weighted by atomic mass is 10.1. The second kappa shape index (κ2) is 9.30. The van der Waals surface area contributed by atoms with Gasteiger partial charge in [-0.1, -0.05) is 30.3 Å². The molecule has 0 saturated heterocycles. The molecule has 5 N–H and O–H groups in total. The zero-order valence-corrected chi connectivity index (χ0v) is 11.7. The molecule has 6 heteroatoms. The van der Waals surface area contributed by atoms with Gasteiger partial charge in [-0.25, -0.2) is 4.79 Å². The van der Waals surface area contributed by atoms with Gasteiger partial charge in [-0.2, -0.15) is 0 Å². The van der Waals surface area contributed by atoms with Gasteiger partial charge in [-0.3, -0.25) is 0 Å². The molecule has 0 aliphatic rings. The van der Waals surface area contributed by atoms with E-state index in [9.17, 15) is 9.90 Å². The van der Waals surface area contributed by atoms with E-state index in [0.29, 0.717) is 19.6 Å². The molecule has 0 bridgehead atoms. The molecule has 1 aromatic rings. The standard InChI is InChI=1S/C14H23N3O3/c1-11(12-5-3-2-4-6-12)20-10-13(18)9-16-7-8-17-14(15)19/h2-6,11,13,16,18H,7-10H2,1H3,(H3,15,17,19). The average Bonchev–Trinajstić information content (AvgIpc) is 2.45. The predicted octanol–water partition coefficient (Wildman–Crippen LogP) is 0.383. The summed E-state index contributed by atoms with van der Waals surface area (Å²) in [5.74, 6) is 0. The van der Waals surface area contributed by atoms with Crippen LogP contribution in [-0.2, 0) is 4.74 Å². The van der Waals surface area contributed by atoms with Crippen molar-refractivity contribution in [3.05, 3.63) is 35.9 Å². The van der Waals surface area contributed by atoms with Gasteiger partial charge in [-0.15, -0.1) is 0 Å². The maximum absolute atomic E-state index is 10.4. The predicted molar refractivity (Wildman–Crippen MR) is 77.3 cm³/mol. The highest BCUT2D eigenvalue weighted by atomic mass is 16.5. The minimum atomic E-state index is -0.588. The molecule has 1 aromatic carbocycles. The SMILES string of the molecule is CC(OCC(O)CNCCNC(N)=O)c1ccccc1. The third kappa shape index (κ3) is 7.08. The number of carbonyl (C=O) groups is 1. The Labute approximate surface area is 119 Å². The second-order valence-electron chi connectivity index (χ2n) is 4.54. The molecule has 0 spiro atoms. The third-order valence-electron chi connectivity index (χ3n) is 2.79. The molecule has 0 radical (unpaired) electrons. The van der Waals surface area contributed by atoms with Crippen molar-refractivity contribution in [3.63, 3.8) is 0 Å². The van der Waals surface area contributed by atoms with E-state index in [1.807, 2.05) is 37.3 Å². The molecule has 0 aliphatic carbocycles. The molecular weight excluding hydrogens is 258 g/mol. The van der Waals surface area contributed by atoms with Crippen molar-refractivity contribution in [2.24, 2.45) is 5.73 Å². The van der Waals surface area contributed by atoms with Crippen molar-refractivity contribution in [1.29, 1.82) is 0 Å². The van der Waals surface area contributed by atoms with Crippen LogP contribution >= 0.6 is 0 Å². The van der Waals surface area contributed by atoms with Gasteiger partial charge in [0.25, 0.3) is 0 Å². The number of nitrogens with one attached hydrogen (secondary N) is 2. The number of rotatable bonds is 9. The Balaban J connectivity index is 2.10. The highest BCUT2D eigenvalue weighted by molar-refractivity contribution is 5.71. The number of aliphatic hydroxyl groups is 1. The van der Waals surface area contributed by atoms with Gasteiger partial charge in [0.05, 0.1) is 18.8 Å². The Kier molecular flexibility index (Phi) is 7.64. The molecule has 6 nitrogen and oxygen atoms in total. The van der Waals surface area contributed by atoms with Crippen LogP contribution in [0.5, 0.6) is 0 Å². The Morgan fingerprint density at radius 2 is 2.05 bits per heavy atom. The van der Waals surface area contributed by atoms with Gasteiger partial charge in [0.1, 0.15) is 0 Å². The third-order valence-corrected chi connectivity index (χ3v) is 2.79. The van der Waals surface area contributed by atoms with Crippen molar-refractivity contribution in [1.82, 2.24) is 10.6 Å². The van der Waals surface area contributed by atoms with E-state index in [4.69, 9.17) is 10.5 Å². The van der Waals surface area contributed by atoms with E-state index in [2.05, 4.69) is 10.6 Å². The maximum atomic E-state index is 10.4. The van der Waals surface area contributed by atoms with Crippen molar-refractivity contribution >= 4 is 6.03 Å². The van der Waals surface area contributed by atoms with Gasteiger partial charge in [0.2, 0.25) is 0 Å². The zero-order chi connectivity index (χ0) is 14.8. The van der Waals surface area contributed by atoms with Gasteiger partial charge in [0.15, 0.2) is 0 Å². The Bertz CT molecular complexity index is 387. The van der Waals surface area contributed by atoms with E-state index in [-0.39, 0.29) is 12.7 Å². The van der Waals surface area contributed by atoms with Gasteiger partial charge in [0, 0.05) is 19.6 Å². The summed E-state index contributed by atoms with van der Waals surface area (Å²) in [6, 6.07) is 9.30. The molecule has 0 fully saturated rings. The largest absolute Gasteiger partial charge is 0.389 e. The first-order valence-electron chi connectivity index (χ1n) is 6.68. The van der Waals surface area contributed by atoms with Crippen LogP contribution in [-0.4, -0.2) is 43.5 Å². The molecule has 1 rings (SSSR count). The van der Waals surface area contributed by atoms with Crippen LogP contribution < -0.4 is 16.4 Å². The van der Waals surface area contributed by atoms with Crippen LogP contribution in [0, 0.1) is 0 Å². The lowest BCUT2D eigenvalue weighted by Crippen LogP contribution is -2.38. The first-order chi connectivity index (χ1) is 9.59. The number of urea groups is 1. The van der Waals surface area contributed by atoms with Crippen LogP contribution in [0.2, 0.25) is 0 Å². The fraction of sp³-hybridized carbons (Fsp3) is 0.500. The van der Waals surface area contributed by atoms with Crippen LogP contribution in [0.1, 0.15) is 18.6 Å². The van der Waals surface area contributed by atoms with Crippen molar-refractivity contribution in [2.45, 2.75) is 19.1 Å². The number of aliphatic hydroxyl groups excluding tert-OH is 1. The number of nitrogens with two attached hydrogens (primary N) is 1. The van der Waals surface area contributed by atoms with Crippen LogP contribution in [0.3, 0.4) is 0 Å². The number of ether oxygens (including phenoxy) is 1. The van der Waals surface area contributed by atoms with Crippen LogP contribution in [0.15, 0.2) is 30.3 Å². The van der Waals surface area contributed by atoms with Crippen molar-refractivity contribution in [3.8, 4) is 0 Å². The van der Waals surface area contributed by atoms with Gasteiger partial charge >= 0.3 is 6.03 Å². The zero-order valence-electron chi connectivity index (χ0n) is 11.7. The summed E-state index contributed by atoms with van der Waals surface area (Å²) in [6.07, 6.45) is -0.642. The van der Waals surface area contributed by atoms with E-state index < -0.39 is 12.1 Å². The normalized spacial score (nSPS) is 13.7. The molecule has 0 heterocycles. The Morgan fingerprint density at radius 1 is 1.35 bits per heavy atom. The first kappa shape index (κ1) is 16.4. The summed E-state index contributed by atoms with van der Waals surface area (Å²) in [6.45, 7) is 3.60. The molecule has 2 unspecified atom stereocenters. The number of primary amides is 1. The maximum Gasteiger partial charge on any atom is 0.312 e.